The SMILES string of the molecule is COc1cc2nc(-c3ccc(CC(=O)Nc4cc(C5(C(F)(F)F)CC5)on4)c(F)c3)cnc2cc1OCCNC(C)=O. The van der Waals surface area contributed by atoms with E-state index in [2.05, 4.69) is 25.8 Å². The van der Waals surface area contributed by atoms with Gasteiger partial charge in [0.05, 0.1) is 43.0 Å². The molecule has 14 heteroatoms. The number of carbonyl (C=O) groups excluding carboxylic acids is 2. The molecule has 0 bridgehead atoms. The second-order valence-corrected chi connectivity index (χ2v) is 9.77. The summed E-state index contributed by atoms with van der Waals surface area (Å²) in [5.41, 5.74) is -0.261. The lowest BCUT2D eigenvalue weighted by molar-refractivity contribution is -0.165. The molecule has 1 aliphatic rings. The van der Waals surface area contributed by atoms with Crippen molar-refractivity contribution in [1.82, 2.24) is 20.4 Å². The number of rotatable bonds is 10. The molecule has 2 aromatic carbocycles. The summed E-state index contributed by atoms with van der Waals surface area (Å²) in [6, 6.07) is 8.53. The third-order valence-corrected chi connectivity index (χ3v) is 6.80. The second kappa shape index (κ2) is 11.3. The number of hydrogen-bond acceptors (Lipinski definition) is 8. The lowest BCUT2D eigenvalue weighted by Crippen LogP contribution is -2.28. The van der Waals surface area contributed by atoms with Gasteiger partial charge in [-0.1, -0.05) is 17.3 Å². The predicted octanol–water partition coefficient (Wildman–Crippen LogP) is 4.72. The van der Waals surface area contributed by atoms with Gasteiger partial charge in [-0.25, -0.2) is 9.37 Å². The van der Waals surface area contributed by atoms with E-state index < -0.39 is 23.3 Å². The van der Waals surface area contributed by atoms with Crippen LogP contribution < -0.4 is 20.1 Å². The number of amides is 2. The van der Waals surface area contributed by atoms with E-state index in [0.29, 0.717) is 40.3 Å². The van der Waals surface area contributed by atoms with Crippen molar-refractivity contribution in [1.29, 1.82) is 0 Å². The highest BCUT2D eigenvalue weighted by Gasteiger charge is 2.66. The molecule has 0 saturated heterocycles. The van der Waals surface area contributed by atoms with E-state index in [1.54, 1.807) is 18.2 Å². The molecule has 42 heavy (non-hydrogen) atoms. The van der Waals surface area contributed by atoms with E-state index >= 15 is 0 Å². The lowest BCUT2D eigenvalue weighted by Gasteiger charge is -2.14. The van der Waals surface area contributed by atoms with Gasteiger partial charge in [-0.3, -0.25) is 14.6 Å². The minimum absolute atomic E-state index is 0.0606. The minimum atomic E-state index is -4.48. The number of aromatic nitrogens is 3. The van der Waals surface area contributed by atoms with Crippen LogP contribution in [0.2, 0.25) is 0 Å². The molecule has 2 heterocycles. The van der Waals surface area contributed by atoms with Crippen LogP contribution in [0.25, 0.3) is 22.3 Å². The highest BCUT2D eigenvalue weighted by molar-refractivity contribution is 5.91. The maximum absolute atomic E-state index is 15.0. The number of carbonyl (C=O) groups is 2. The molecule has 10 nitrogen and oxygen atoms in total. The van der Waals surface area contributed by atoms with E-state index in [-0.39, 0.29) is 48.9 Å². The zero-order chi connectivity index (χ0) is 30.1. The van der Waals surface area contributed by atoms with Gasteiger partial charge in [-0.15, -0.1) is 0 Å². The Balaban J connectivity index is 1.26. The molecule has 1 aliphatic carbocycles. The fourth-order valence-corrected chi connectivity index (χ4v) is 4.38. The molecular formula is C28H25F4N5O5. The summed E-state index contributed by atoms with van der Waals surface area (Å²) in [6.45, 7) is 1.94. The van der Waals surface area contributed by atoms with Gasteiger partial charge in [-0.2, -0.15) is 13.2 Å². The quantitative estimate of drug-likeness (QED) is 0.202. The molecule has 2 amide bonds. The van der Waals surface area contributed by atoms with Crippen LogP contribution in [-0.2, 0) is 21.4 Å². The highest BCUT2D eigenvalue weighted by Crippen LogP contribution is 2.59. The third-order valence-electron chi connectivity index (χ3n) is 6.80. The summed E-state index contributed by atoms with van der Waals surface area (Å²) in [4.78, 5) is 32.4. The van der Waals surface area contributed by atoms with E-state index in [4.69, 9.17) is 14.0 Å². The summed E-state index contributed by atoms with van der Waals surface area (Å²) in [6.07, 6.45) is -3.62. The van der Waals surface area contributed by atoms with Crippen LogP contribution in [0.3, 0.4) is 0 Å². The Labute approximate surface area is 236 Å². The second-order valence-electron chi connectivity index (χ2n) is 9.77. The Bertz CT molecular complexity index is 1650. The Morgan fingerprint density at radius 1 is 1.10 bits per heavy atom. The lowest BCUT2D eigenvalue weighted by atomic mass is 10.0. The van der Waals surface area contributed by atoms with Crippen molar-refractivity contribution in [2.24, 2.45) is 0 Å². The topological polar surface area (TPSA) is 128 Å². The fourth-order valence-electron chi connectivity index (χ4n) is 4.38. The van der Waals surface area contributed by atoms with Gasteiger partial charge in [-0.05, 0) is 24.5 Å². The van der Waals surface area contributed by atoms with Gasteiger partial charge >= 0.3 is 6.18 Å². The number of methoxy groups -OCH3 is 1. The molecule has 4 aromatic rings. The number of benzene rings is 2. The summed E-state index contributed by atoms with van der Waals surface area (Å²) < 4.78 is 70.8. The first-order chi connectivity index (χ1) is 20.0. The molecule has 1 saturated carbocycles. The van der Waals surface area contributed by atoms with Crippen LogP contribution >= 0.6 is 0 Å². The predicted molar refractivity (Wildman–Crippen MR) is 141 cm³/mol. The van der Waals surface area contributed by atoms with Gasteiger partial charge in [0, 0.05) is 30.7 Å². The number of halogens is 4. The number of nitrogens with zero attached hydrogens (tertiary/aromatic N) is 3. The maximum Gasteiger partial charge on any atom is 0.401 e. The first-order valence-corrected chi connectivity index (χ1v) is 12.8. The van der Waals surface area contributed by atoms with Crippen LogP contribution in [-0.4, -0.2) is 53.4 Å². The number of nitrogens with one attached hydrogen (secondary N) is 2. The molecular weight excluding hydrogens is 562 g/mol. The van der Waals surface area contributed by atoms with Crippen LogP contribution in [0.4, 0.5) is 23.4 Å². The normalized spacial score (nSPS) is 14.0. The van der Waals surface area contributed by atoms with E-state index in [1.807, 2.05) is 0 Å². The van der Waals surface area contributed by atoms with E-state index in [1.165, 1.54) is 32.4 Å². The first-order valence-electron chi connectivity index (χ1n) is 12.8. The van der Waals surface area contributed by atoms with Crippen LogP contribution in [0.15, 0.2) is 47.1 Å². The number of ether oxygens (including phenoxy) is 2. The molecule has 0 atom stereocenters. The van der Waals surface area contributed by atoms with Crippen molar-refractivity contribution in [2.75, 3.05) is 25.6 Å². The van der Waals surface area contributed by atoms with Gasteiger partial charge in [0.25, 0.3) is 0 Å². The Hall–Kier alpha value is -4.75. The van der Waals surface area contributed by atoms with Crippen molar-refractivity contribution < 1.29 is 41.1 Å². The molecule has 0 unspecified atom stereocenters. The van der Waals surface area contributed by atoms with Crippen molar-refractivity contribution in [3.05, 3.63) is 59.7 Å². The molecule has 0 aliphatic heterocycles. The summed E-state index contributed by atoms with van der Waals surface area (Å²) in [5.74, 6) is -1.25. The fraction of sp³-hybridized carbons (Fsp3) is 0.321. The summed E-state index contributed by atoms with van der Waals surface area (Å²) in [5, 5.41) is 8.50. The minimum Gasteiger partial charge on any atom is -0.493 e. The Morgan fingerprint density at radius 2 is 1.86 bits per heavy atom. The first kappa shape index (κ1) is 28.8. The van der Waals surface area contributed by atoms with Gasteiger partial charge in [0.2, 0.25) is 11.8 Å². The zero-order valence-electron chi connectivity index (χ0n) is 22.5. The standard InChI is InChI=1S/C28H25F4N5O5/c1-15(38)33-7-8-41-23-11-19-20(12-22(23)40-2)35-21(14-34-19)17-4-3-16(18(29)9-17)10-26(39)36-25-13-24(42-37-25)27(5-6-27)28(30,31)32/h3-4,9,11-14H,5-8,10H2,1-2H3,(H,33,38)(H,36,37,39). The summed E-state index contributed by atoms with van der Waals surface area (Å²) >= 11 is 0. The zero-order valence-corrected chi connectivity index (χ0v) is 22.5. The van der Waals surface area contributed by atoms with Crippen molar-refractivity contribution in [3.63, 3.8) is 0 Å². The number of alkyl halides is 3. The smallest absolute Gasteiger partial charge is 0.401 e. The van der Waals surface area contributed by atoms with Gasteiger partial charge < -0.3 is 24.6 Å². The van der Waals surface area contributed by atoms with Crippen LogP contribution in [0.1, 0.15) is 31.1 Å². The Kier molecular flexibility index (Phi) is 7.71. The van der Waals surface area contributed by atoms with Gasteiger partial charge in [0.1, 0.15) is 17.8 Å². The average Bonchev–Trinajstić information content (AvgIpc) is 3.65. The van der Waals surface area contributed by atoms with Crippen LogP contribution in [0.5, 0.6) is 11.5 Å². The largest absolute Gasteiger partial charge is 0.493 e. The third kappa shape index (κ3) is 5.97. The number of anilines is 1. The van der Waals surface area contributed by atoms with Crippen LogP contribution in [0, 0.1) is 5.82 Å². The molecule has 5 rings (SSSR count). The van der Waals surface area contributed by atoms with Gasteiger partial charge in [0.15, 0.2) is 23.1 Å². The number of hydrogen-bond donors (Lipinski definition) is 2. The molecule has 0 spiro atoms. The molecule has 2 aromatic heterocycles. The summed E-state index contributed by atoms with van der Waals surface area (Å²) in [7, 11) is 1.47. The molecule has 2 N–H and O–H groups in total. The number of fused-ring (bicyclic) bond motifs is 1. The molecule has 220 valence electrons. The highest BCUT2D eigenvalue weighted by atomic mass is 19.4. The maximum atomic E-state index is 15.0. The molecule has 0 radical (unpaired) electrons. The van der Waals surface area contributed by atoms with Crippen molar-refractivity contribution in [2.45, 2.75) is 37.8 Å². The monoisotopic (exact) mass is 587 g/mol. The molecule has 1 fully saturated rings. The van der Waals surface area contributed by atoms with E-state index in [0.717, 1.165) is 6.07 Å². The van der Waals surface area contributed by atoms with Crippen molar-refractivity contribution in [3.8, 4) is 22.8 Å². The Morgan fingerprint density at radius 3 is 2.52 bits per heavy atom. The van der Waals surface area contributed by atoms with Crippen molar-refractivity contribution >= 4 is 28.7 Å². The van der Waals surface area contributed by atoms with E-state index in [9.17, 15) is 27.2 Å². The average molecular weight is 588 g/mol.